The van der Waals surface area contributed by atoms with E-state index in [-0.39, 0.29) is 16.4 Å². The van der Waals surface area contributed by atoms with Gasteiger partial charge in [-0.2, -0.15) is 0 Å². The minimum Gasteiger partial charge on any atom is -0.387 e. The lowest BCUT2D eigenvalue weighted by molar-refractivity contribution is 0.517. The first-order valence-electron chi connectivity index (χ1n) is 6.33. The fourth-order valence-electron chi connectivity index (χ4n) is 2.31. The molecule has 1 aliphatic rings. The monoisotopic (exact) mass is 318 g/mol. The van der Waals surface area contributed by atoms with Crippen LogP contribution >= 0.6 is 0 Å². The van der Waals surface area contributed by atoms with Crippen LogP contribution in [-0.4, -0.2) is 41.4 Å². The number of rotatable bonds is 4. The third-order valence-corrected chi connectivity index (χ3v) is 6.63. The molecule has 1 heterocycles. The van der Waals surface area contributed by atoms with E-state index in [0.29, 0.717) is 18.5 Å². The first kappa shape index (κ1) is 15.3. The molecular weight excluding hydrogens is 300 g/mol. The second kappa shape index (κ2) is 5.71. The van der Waals surface area contributed by atoms with E-state index < -0.39 is 25.9 Å². The maximum Gasteiger partial charge on any atom is 0.242 e. The number of hydrogen-bond donors (Lipinski definition) is 2. The average molecular weight is 318 g/mol. The quantitative estimate of drug-likeness (QED) is 0.847. The summed E-state index contributed by atoms with van der Waals surface area (Å²) in [7, 11) is -5.24. The van der Waals surface area contributed by atoms with Gasteiger partial charge in [0.15, 0.2) is 9.84 Å². The third-order valence-electron chi connectivity index (χ3n) is 3.23. The second-order valence-corrected chi connectivity index (χ2v) is 8.73. The van der Waals surface area contributed by atoms with E-state index in [1.165, 1.54) is 6.07 Å². The van der Waals surface area contributed by atoms with Crippen LogP contribution in [0.5, 0.6) is 0 Å². The molecule has 6 nitrogen and oxygen atoms in total. The molecule has 0 aliphatic carbocycles. The molecule has 2 rings (SSSR count). The van der Waals surface area contributed by atoms with Gasteiger partial charge in [-0.15, -0.1) is 0 Å². The van der Waals surface area contributed by atoms with Crippen LogP contribution < -0.4 is 10.0 Å². The fourth-order valence-corrected chi connectivity index (χ4v) is 5.53. The largest absolute Gasteiger partial charge is 0.387 e. The molecule has 1 fully saturated rings. The van der Waals surface area contributed by atoms with Crippen molar-refractivity contribution in [2.75, 3.05) is 23.9 Å². The van der Waals surface area contributed by atoms with Crippen LogP contribution in [0.1, 0.15) is 12.8 Å². The summed E-state index contributed by atoms with van der Waals surface area (Å²) in [5.41, 5.74) is 0.485. The van der Waals surface area contributed by atoms with E-state index in [9.17, 15) is 16.8 Å². The Morgan fingerprint density at radius 2 is 1.95 bits per heavy atom. The van der Waals surface area contributed by atoms with E-state index in [4.69, 9.17) is 0 Å². The molecule has 1 aromatic carbocycles. The van der Waals surface area contributed by atoms with Crippen molar-refractivity contribution in [2.45, 2.75) is 23.8 Å². The smallest absolute Gasteiger partial charge is 0.242 e. The Hall–Kier alpha value is -1.12. The van der Waals surface area contributed by atoms with Gasteiger partial charge in [-0.3, -0.25) is 0 Å². The van der Waals surface area contributed by atoms with Gasteiger partial charge in [-0.1, -0.05) is 12.1 Å². The van der Waals surface area contributed by atoms with E-state index in [1.807, 2.05) is 0 Å². The molecule has 1 saturated heterocycles. The summed E-state index contributed by atoms with van der Waals surface area (Å²) in [5.74, 6) is 0.00623. The Balaban J connectivity index is 2.23. The Bertz CT molecular complexity index is 683. The highest BCUT2D eigenvalue weighted by Crippen LogP contribution is 2.22. The fraction of sp³-hybridized carbons (Fsp3) is 0.500. The number of para-hydroxylation sites is 1. The summed E-state index contributed by atoms with van der Waals surface area (Å²) < 4.78 is 50.3. The Kier molecular flexibility index (Phi) is 4.36. The van der Waals surface area contributed by atoms with E-state index >= 15 is 0 Å². The SMILES string of the molecule is CNc1ccccc1S(=O)(=O)NC1CCCS(=O)(=O)C1. The summed E-state index contributed by atoms with van der Waals surface area (Å²) in [5, 5.41) is 2.82. The normalized spacial score (nSPS) is 22.4. The van der Waals surface area contributed by atoms with Crippen LogP contribution in [0.2, 0.25) is 0 Å². The molecule has 1 aromatic rings. The number of sulfonamides is 1. The number of nitrogens with one attached hydrogen (secondary N) is 2. The molecule has 1 atom stereocenters. The van der Waals surface area contributed by atoms with Crippen molar-refractivity contribution in [1.29, 1.82) is 0 Å². The van der Waals surface area contributed by atoms with E-state index in [1.54, 1.807) is 25.2 Å². The zero-order valence-corrected chi connectivity index (χ0v) is 12.8. The van der Waals surface area contributed by atoms with Gasteiger partial charge in [0.25, 0.3) is 0 Å². The lowest BCUT2D eigenvalue weighted by Gasteiger charge is -2.23. The predicted octanol–water partition coefficient (Wildman–Crippen LogP) is 0.584. The summed E-state index contributed by atoms with van der Waals surface area (Å²) >= 11 is 0. The van der Waals surface area contributed by atoms with Crippen molar-refractivity contribution in [2.24, 2.45) is 0 Å². The first-order valence-corrected chi connectivity index (χ1v) is 9.64. The molecule has 0 spiro atoms. The van der Waals surface area contributed by atoms with Crippen LogP contribution in [0.25, 0.3) is 0 Å². The van der Waals surface area contributed by atoms with Crippen LogP contribution in [-0.2, 0) is 19.9 Å². The summed E-state index contributed by atoms with van der Waals surface area (Å²) in [6, 6.07) is 5.96. The van der Waals surface area contributed by atoms with Gasteiger partial charge in [0, 0.05) is 13.1 Å². The minimum absolute atomic E-state index is 0.130. The highest BCUT2D eigenvalue weighted by molar-refractivity contribution is 7.91. The van der Waals surface area contributed by atoms with Crippen LogP contribution in [0.3, 0.4) is 0 Å². The van der Waals surface area contributed by atoms with Gasteiger partial charge in [-0.25, -0.2) is 21.6 Å². The van der Waals surface area contributed by atoms with Crippen molar-refractivity contribution < 1.29 is 16.8 Å². The molecule has 1 unspecified atom stereocenters. The highest BCUT2D eigenvalue weighted by atomic mass is 32.2. The maximum absolute atomic E-state index is 12.3. The lowest BCUT2D eigenvalue weighted by atomic mass is 10.2. The van der Waals surface area contributed by atoms with Gasteiger partial charge in [0.1, 0.15) is 4.90 Å². The summed E-state index contributed by atoms with van der Waals surface area (Å²) in [6.45, 7) is 0. The van der Waals surface area contributed by atoms with Crippen molar-refractivity contribution in [3.63, 3.8) is 0 Å². The van der Waals surface area contributed by atoms with Crippen molar-refractivity contribution in [1.82, 2.24) is 4.72 Å². The molecule has 0 aromatic heterocycles. The molecule has 0 radical (unpaired) electrons. The Morgan fingerprint density at radius 3 is 2.60 bits per heavy atom. The van der Waals surface area contributed by atoms with Crippen molar-refractivity contribution in [3.8, 4) is 0 Å². The first-order chi connectivity index (χ1) is 9.34. The van der Waals surface area contributed by atoms with Crippen LogP contribution in [0.15, 0.2) is 29.2 Å². The Labute approximate surface area is 119 Å². The molecule has 0 saturated carbocycles. The van der Waals surface area contributed by atoms with Crippen molar-refractivity contribution >= 4 is 25.5 Å². The molecule has 20 heavy (non-hydrogen) atoms. The predicted molar refractivity (Wildman–Crippen MR) is 78.0 cm³/mol. The average Bonchev–Trinajstić information content (AvgIpc) is 2.37. The van der Waals surface area contributed by atoms with Gasteiger partial charge in [0.05, 0.1) is 17.2 Å². The Morgan fingerprint density at radius 1 is 1.25 bits per heavy atom. The number of anilines is 1. The van der Waals surface area contributed by atoms with Crippen LogP contribution in [0.4, 0.5) is 5.69 Å². The molecule has 1 aliphatic heterocycles. The molecular formula is C12H18N2O4S2. The van der Waals surface area contributed by atoms with Crippen molar-refractivity contribution in [3.05, 3.63) is 24.3 Å². The molecule has 0 bridgehead atoms. The van der Waals surface area contributed by atoms with Gasteiger partial charge in [0.2, 0.25) is 10.0 Å². The zero-order chi connectivity index (χ0) is 14.8. The number of sulfone groups is 1. The van der Waals surface area contributed by atoms with Crippen LogP contribution in [0, 0.1) is 0 Å². The summed E-state index contributed by atoms with van der Waals surface area (Å²) in [6.07, 6.45) is 1.03. The number of benzene rings is 1. The lowest BCUT2D eigenvalue weighted by Crippen LogP contribution is -2.43. The zero-order valence-electron chi connectivity index (χ0n) is 11.2. The standard InChI is InChI=1S/C12H18N2O4S2/c1-13-11-6-2-3-7-12(11)20(17,18)14-10-5-4-8-19(15,16)9-10/h2-3,6-7,10,13-14H,4-5,8-9H2,1H3. The minimum atomic E-state index is -3.73. The summed E-state index contributed by atoms with van der Waals surface area (Å²) in [4.78, 5) is 0.130. The molecule has 8 heteroatoms. The van der Waals surface area contributed by atoms with Gasteiger partial charge >= 0.3 is 0 Å². The van der Waals surface area contributed by atoms with E-state index in [0.717, 1.165) is 0 Å². The van der Waals surface area contributed by atoms with Gasteiger partial charge in [-0.05, 0) is 25.0 Å². The molecule has 112 valence electrons. The maximum atomic E-state index is 12.3. The molecule has 0 amide bonds. The van der Waals surface area contributed by atoms with Gasteiger partial charge < -0.3 is 5.32 Å². The number of hydrogen-bond acceptors (Lipinski definition) is 5. The topological polar surface area (TPSA) is 92.3 Å². The second-order valence-electron chi connectivity index (χ2n) is 4.82. The highest BCUT2D eigenvalue weighted by Gasteiger charge is 2.29. The molecule has 2 N–H and O–H groups in total. The third kappa shape index (κ3) is 3.50. The van der Waals surface area contributed by atoms with E-state index in [2.05, 4.69) is 10.0 Å².